The summed E-state index contributed by atoms with van der Waals surface area (Å²) in [6.07, 6.45) is -0.490. The average molecular weight is 459 g/mol. The molecule has 1 aliphatic heterocycles. The molecule has 1 fully saturated rings. The Hall–Kier alpha value is -3.07. The van der Waals surface area contributed by atoms with E-state index in [2.05, 4.69) is 15.3 Å². The number of anilines is 1. The van der Waals surface area contributed by atoms with E-state index in [9.17, 15) is 13.2 Å². The second-order valence-electron chi connectivity index (χ2n) is 8.48. The molecule has 2 atom stereocenters. The number of rotatable bonds is 4. The van der Waals surface area contributed by atoms with Gasteiger partial charge in [0.25, 0.3) is 5.92 Å². The van der Waals surface area contributed by atoms with E-state index in [1.54, 1.807) is 31.2 Å². The SMILES string of the molecule is Cc1nc(NCc2cccc(C3CC3(F)F)c2F)c2cc3c(cc2n1)OCCOC[C@H](C)O3. The monoisotopic (exact) mass is 459 g/mol. The van der Waals surface area contributed by atoms with Crippen LogP contribution in [0.1, 0.15) is 36.2 Å². The zero-order chi connectivity index (χ0) is 23.2. The van der Waals surface area contributed by atoms with Crippen molar-refractivity contribution in [2.24, 2.45) is 0 Å². The molecule has 9 heteroatoms. The van der Waals surface area contributed by atoms with Crippen molar-refractivity contribution in [3.63, 3.8) is 0 Å². The lowest BCUT2D eigenvalue weighted by molar-refractivity contribution is 0.0546. The van der Waals surface area contributed by atoms with Crippen LogP contribution in [-0.2, 0) is 11.3 Å². The number of alkyl halides is 2. The first kappa shape index (κ1) is 21.8. The maximum atomic E-state index is 14.9. The predicted molar refractivity (Wildman–Crippen MR) is 117 cm³/mol. The van der Waals surface area contributed by atoms with Gasteiger partial charge in [-0.15, -0.1) is 0 Å². The van der Waals surface area contributed by atoms with Gasteiger partial charge in [0.2, 0.25) is 0 Å². The molecular formula is C24H24F3N3O3. The molecule has 5 rings (SSSR count). The molecular weight excluding hydrogens is 435 g/mol. The normalized spacial score (nSPS) is 21.7. The summed E-state index contributed by atoms with van der Waals surface area (Å²) in [5.41, 5.74) is 1.00. The number of benzene rings is 2. The molecule has 33 heavy (non-hydrogen) atoms. The molecule has 1 unspecified atom stereocenters. The summed E-state index contributed by atoms with van der Waals surface area (Å²) < 4.78 is 59.2. The van der Waals surface area contributed by atoms with Gasteiger partial charge in [0.05, 0.1) is 24.6 Å². The number of fused-ring (bicyclic) bond motifs is 2. The first-order valence-corrected chi connectivity index (χ1v) is 10.9. The highest BCUT2D eigenvalue weighted by Gasteiger charge is 2.58. The number of aromatic nitrogens is 2. The number of aryl methyl sites for hydroxylation is 1. The molecule has 2 aromatic carbocycles. The van der Waals surface area contributed by atoms with E-state index >= 15 is 0 Å². The summed E-state index contributed by atoms with van der Waals surface area (Å²) in [5.74, 6) is -2.35. The number of ether oxygens (including phenoxy) is 3. The van der Waals surface area contributed by atoms with Gasteiger partial charge in [-0.05, 0) is 25.5 Å². The lowest BCUT2D eigenvalue weighted by atomic mass is 10.1. The summed E-state index contributed by atoms with van der Waals surface area (Å²) in [6.45, 7) is 5.03. The molecule has 0 spiro atoms. The standard InChI is InChI=1S/C24H24F3N3O3/c1-13-12-31-6-7-32-20-9-19-17(8-21(20)33-13)23(30-14(2)29-19)28-11-15-4-3-5-16(22(15)25)18-10-24(18,26)27/h3-5,8-9,13,18H,6-7,10-12H2,1-2H3,(H,28,29,30)/t13-,18?/m0/s1. The Morgan fingerprint density at radius 1 is 1.15 bits per heavy atom. The van der Waals surface area contributed by atoms with E-state index in [0.717, 1.165) is 0 Å². The maximum Gasteiger partial charge on any atom is 0.256 e. The van der Waals surface area contributed by atoms with Crippen LogP contribution in [0.4, 0.5) is 19.0 Å². The van der Waals surface area contributed by atoms with E-state index in [-0.39, 0.29) is 24.6 Å². The minimum absolute atomic E-state index is 0.0576. The van der Waals surface area contributed by atoms with Crippen LogP contribution in [0.5, 0.6) is 11.5 Å². The predicted octanol–water partition coefficient (Wildman–Crippen LogP) is 4.99. The van der Waals surface area contributed by atoms with Crippen molar-refractivity contribution in [3.05, 3.63) is 53.1 Å². The highest BCUT2D eigenvalue weighted by Crippen LogP contribution is 2.56. The molecule has 1 N–H and O–H groups in total. The molecule has 0 radical (unpaired) electrons. The Morgan fingerprint density at radius 3 is 2.76 bits per heavy atom. The van der Waals surface area contributed by atoms with Crippen molar-refractivity contribution in [2.75, 3.05) is 25.1 Å². The quantitative estimate of drug-likeness (QED) is 0.593. The van der Waals surface area contributed by atoms with E-state index in [4.69, 9.17) is 14.2 Å². The first-order chi connectivity index (χ1) is 15.8. The molecule has 3 aromatic rings. The van der Waals surface area contributed by atoms with Crippen LogP contribution in [0.3, 0.4) is 0 Å². The van der Waals surface area contributed by atoms with E-state index in [1.807, 2.05) is 6.92 Å². The van der Waals surface area contributed by atoms with E-state index in [0.29, 0.717) is 59.4 Å². The van der Waals surface area contributed by atoms with E-state index < -0.39 is 17.7 Å². The number of hydrogen-bond donors (Lipinski definition) is 1. The van der Waals surface area contributed by atoms with Gasteiger partial charge in [-0.2, -0.15) is 0 Å². The van der Waals surface area contributed by atoms with Crippen LogP contribution in [0.25, 0.3) is 10.9 Å². The first-order valence-electron chi connectivity index (χ1n) is 10.9. The van der Waals surface area contributed by atoms with Crippen molar-refractivity contribution in [2.45, 2.75) is 44.8 Å². The van der Waals surface area contributed by atoms with Crippen LogP contribution >= 0.6 is 0 Å². The van der Waals surface area contributed by atoms with Gasteiger partial charge in [0.15, 0.2) is 11.5 Å². The second kappa shape index (κ2) is 8.37. The molecule has 6 nitrogen and oxygen atoms in total. The van der Waals surface area contributed by atoms with Crippen molar-refractivity contribution in [3.8, 4) is 11.5 Å². The highest BCUT2D eigenvalue weighted by molar-refractivity contribution is 5.91. The summed E-state index contributed by atoms with van der Waals surface area (Å²) in [4.78, 5) is 8.98. The molecule has 1 saturated carbocycles. The smallest absolute Gasteiger partial charge is 0.256 e. The number of halogens is 3. The van der Waals surface area contributed by atoms with Crippen molar-refractivity contribution in [1.82, 2.24) is 9.97 Å². The molecule has 174 valence electrons. The third kappa shape index (κ3) is 4.42. The minimum atomic E-state index is -2.83. The molecule has 2 aliphatic rings. The fourth-order valence-corrected chi connectivity index (χ4v) is 4.04. The summed E-state index contributed by atoms with van der Waals surface area (Å²) >= 11 is 0. The van der Waals surface area contributed by atoms with E-state index in [1.165, 1.54) is 6.07 Å². The molecule has 0 amide bonds. The van der Waals surface area contributed by atoms with Gasteiger partial charge in [0.1, 0.15) is 30.2 Å². The molecule has 2 heterocycles. The highest BCUT2D eigenvalue weighted by atomic mass is 19.3. The van der Waals surface area contributed by atoms with Crippen LogP contribution in [-0.4, -0.2) is 41.8 Å². The number of hydrogen-bond acceptors (Lipinski definition) is 6. The van der Waals surface area contributed by atoms with Crippen LogP contribution in [0.15, 0.2) is 30.3 Å². The molecule has 0 bridgehead atoms. The Bertz CT molecular complexity index is 1200. The van der Waals surface area contributed by atoms with Gasteiger partial charge in [-0.1, -0.05) is 18.2 Å². The van der Waals surface area contributed by atoms with Crippen LogP contribution < -0.4 is 14.8 Å². The van der Waals surface area contributed by atoms with Gasteiger partial charge < -0.3 is 19.5 Å². The van der Waals surface area contributed by atoms with Gasteiger partial charge in [-0.3, -0.25) is 0 Å². The zero-order valence-electron chi connectivity index (χ0n) is 18.3. The number of nitrogens with zero attached hydrogens (tertiary/aromatic N) is 2. The third-order valence-corrected chi connectivity index (χ3v) is 5.80. The number of nitrogens with one attached hydrogen (secondary N) is 1. The van der Waals surface area contributed by atoms with Gasteiger partial charge in [-0.25, -0.2) is 23.1 Å². The maximum absolute atomic E-state index is 14.9. The topological polar surface area (TPSA) is 65.5 Å². The summed E-state index contributed by atoms with van der Waals surface area (Å²) in [7, 11) is 0. The fourth-order valence-electron chi connectivity index (χ4n) is 4.04. The second-order valence-corrected chi connectivity index (χ2v) is 8.48. The molecule has 1 aromatic heterocycles. The lowest BCUT2D eigenvalue weighted by Gasteiger charge is -2.17. The van der Waals surface area contributed by atoms with Crippen LogP contribution in [0, 0.1) is 12.7 Å². The van der Waals surface area contributed by atoms with Gasteiger partial charge in [0, 0.05) is 30.0 Å². The molecule has 1 aliphatic carbocycles. The largest absolute Gasteiger partial charge is 0.487 e. The Kier molecular flexibility index (Phi) is 5.52. The van der Waals surface area contributed by atoms with Crippen molar-refractivity contribution in [1.29, 1.82) is 0 Å². The third-order valence-electron chi connectivity index (χ3n) is 5.80. The van der Waals surface area contributed by atoms with Crippen molar-refractivity contribution >= 4 is 16.7 Å². The van der Waals surface area contributed by atoms with Gasteiger partial charge >= 0.3 is 0 Å². The summed E-state index contributed by atoms with van der Waals surface area (Å²) in [5, 5.41) is 3.83. The lowest BCUT2D eigenvalue weighted by Crippen LogP contribution is -2.19. The molecule has 0 saturated heterocycles. The average Bonchev–Trinajstić information content (AvgIpc) is 3.37. The minimum Gasteiger partial charge on any atom is -0.487 e. The summed E-state index contributed by atoms with van der Waals surface area (Å²) in [6, 6.07) is 8.20. The Balaban J connectivity index is 1.46. The van der Waals surface area contributed by atoms with Crippen molar-refractivity contribution < 1.29 is 27.4 Å². The Labute approximate surface area is 189 Å². The Morgan fingerprint density at radius 2 is 1.97 bits per heavy atom. The fraction of sp³-hybridized carbons (Fsp3) is 0.417. The zero-order valence-corrected chi connectivity index (χ0v) is 18.3. The van der Waals surface area contributed by atoms with Crippen LogP contribution in [0.2, 0.25) is 0 Å².